The van der Waals surface area contributed by atoms with Crippen LogP contribution in [-0.4, -0.2) is 46.3 Å². The van der Waals surface area contributed by atoms with Crippen molar-refractivity contribution in [2.45, 2.75) is 32.7 Å². The lowest BCUT2D eigenvalue weighted by Gasteiger charge is -2.30. The van der Waals surface area contributed by atoms with Crippen LogP contribution < -0.4 is 5.76 Å². The predicted octanol–water partition coefficient (Wildman–Crippen LogP) is 1.76. The number of rotatable bonds is 6. The van der Waals surface area contributed by atoms with Gasteiger partial charge in [-0.25, -0.2) is 4.79 Å². The number of thiophene rings is 1. The maximum absolute atomic E-state index is 12.1. The second kappa shape index (κ2) is 8.31. The zero-order valence-electron chi connectivity index (χ0n) is 14.6. The molecule has 0 bridgehead atoms. The van der Waals surface area contributed by atoms with Gasteiger partial charge < -0.3 is 14.1 Å². The molecule has 0 spiro atoms. The largest absolute Gasteiger partial charge is 0.456 e. The fraction of sp³-hybridized carbons (Fsp3) is 0.529. The van der Waals surface area contributed by atoms with Gasteiger partial charge in [0.15, 0.2) is 6.61 Å². The Bertz CT molecular complexity index is 811. The first kappa shape index (κ1) is 18.4. The van der Waals surface area contributed by atoms with Crippen molar-refractivity contribution in [3.05, 3.63) is 28.1 Å². The molecule has 0 saturated carbocycles. The van der Waals surface area contributed by atoms with E-state index in [1.54, 1.807) is 11.0 Å². The number of nitrogens with zero attached hydrogens (tertiary/aromatic N) is 3. The van der Waals surface area contributed by atoms with Crippen molar-refractivity contribution < 1.29 is 18.7 Å². The highest BCUT2D eigenvalue weighted by Gasteiger charge is 2.22. The van der Waals surface area contributed by atoms with Crippen LogP contribution in [0.15, 0.2) is 26.7 Å². The second-order valence-corrected chi connectivity index (χ2v) is 7.32. The second-order valence-electron chi connectivity index (χ2n) is 6.37. The average molecular weight is 379 g/mol. The van der Waals surface area contributed by atoms with E-state index >= 15 is 0 Å². The van der Waals surface area contributed by atoms with Gasteiger partial charge in [-0.1, -0.05) is 13.0 Å². The van der Waals surface area contributed by atoms with Gasteiger partial charge in [0.05, 0.1) is 17.8 Å². The number of hydrogen-bond acceptors (Lipinski definition) is 7. The topological polar surface area (TPSA) is 94.6 Å². The Hall–Kier alpha value is -2.42. The summed E-state index contributed by atoms with van der Waals surface area (Å²) in [5.41, 5.74) is 0. The Labute approximate surface area is 154 Å². The minimum absolute atomic E-state index is 0.0431. The molecule has 1 unspecified atom stereocenters. The summed E-state index contributed by atoms with van der Waals surface area (Å²) in [5.74, 6) is -0.646. The molecule has 0 aliphatic carbocycles. The fourth-order valence-corrected chi connectivity index (χ4v) is 3.51. The normalized spacial score (nSPS) is 17.3. The lowest BCUT2D eigenvalue weighted by Crippen LogP contribution is -2.41. The van der Waals surface area contributed by atoms with Gasteiger partial charge in [-0.05, 0) is 30.2 Å². The van der Waals surface area contributed by atoms with E-state index in [0.717, 1.165) is 22.4 Å². The first-order valence-corrected chi connectivity index (χ1v) is 9.46. The van der Waals surface area contributed by atoms with Gasteiger partial charge >= 0.3 is 11.7 Å². The summed E-state index contributed by atoms with van der Waals surface area (Å²) in [4.78, 5) is 38.2. The summed E-state index contributed by atoms with van der Waals surface area (Å²) in [6, 6.07) is 3.62. The zero-order valence-corrected chi connectivity index (χ0v) is 15.4. The predicted molar refractivity (Wildman–Crippen MR) is 94.6 cm³/mol. The SMILES string of the molecule is CC1CCCN(C(=O)COC(=O)CCn2nc(-c3cccs3)oc2=O)C1. The zero-order chi connectivity index (χ0) is 18.5. The molecule has 3 rings (SSSR count). The van der Waals surface area contributed by atoms with Crippen LogP contribution in [0, 0.1) is 5.92 Å². The Balaban J connectivity index is 1.46. The van der Waals surface area contributed by atoms with Crippen LogP contribution in [-0.2, 0) is 20.9 Å². The van der Waals surface area contributed by atoms with Gasteiger partial charge in [-0.2, -0.15) is 4.68 Å². The van der Waals surface area contributed by atoms with E-state index in [1.807, 2.05) is 11.4 Å². The highest BCUT2D eigenvalue weighted by molar-refractivity contribution is 7.13. The van der Waals surface area contributed by atoms with Crippen LogP contribution in [0.2, 0.25) is 0 Å². The van der Waals surface area contributed by atoms with Gasteiger partial charge in [0.1, 0.15) is 0 Å². The van der Waals surface area contributed by atoms with Crippen LogP contribution in [0.1, 0.15) is 26.2 Å². The molecule has 8 nitrogen and oxygen atoms in total. The third kappa shape index (κ3) is 4.60. The first-order chi connectivity index (χ1) is 12.5. The van der Waals surface area contributed by atoms with Crippen molar-refractivity contribution >= 4 is 23.2 Å². The molecule has 0 radical (unpaired) electrons. The Morgan fingerprint density at radius 1 is 1.46 bits per heavy atom. The monoisotopic (exact) mass is 379 g/mol. The minimum atomic E-state index is -0.625. The summed E-state index contributed by atoms with van der Waals surface area (Å²) in [7, 11) is 0. The molecule has 1 aliphatic rings. The Morgan fingerprint density at radius 3 is 3.04 bits per heavy atom. The first-order valence-electron chi connectivity index (χ1n) is 8.58. The van der Waals surface area contributed by atoms with E-state index in [9.17, 15) is 14.4 Å². The molecule has 1 amide bonds. The van der Waals surface area contributed by atoms with E-state index in [-0.39, 0.29) is 31.4 Å². The van der Waals surface area contributed by atoms with Crippen LogP contribution >= 0.6 is 11.3 Å². The standard InChI is InChI=1S/C17H21N3O5S/c1-12-4-2-7-19(10-12)14(21)11-24-15(22)6-8-20-17(23)25-16(18-20)13-5-3-9-26-13/h3,5,9,12H,2,4,6-8,10-11H2,1H3. The average Bonchev–Trinajstić information content (AvgIpc) is 3.27. The quantitative estimate of drug-likeness (QED) is 0.710. The summed E-state index contributed by atoms with van der Waals surface area (Å²) >= 11 is 1.41. The van der Waals surface area contributed by atoms with Crippen LogP contribution in [0.25, 0.3) is 10.8 Å². The number of esters is 1. The summed E-state index contributed by atoms with van der Waals surface area (Å²) in [6.45, 7) is 3.30. The van der Waals surface area contributed by atoms with Gasteiger partial charge in [-0.15, -0.1) is 16.4 Å². The molecule has 0 N–H and O–H groups in total. The smallest absolute Gasteiger partial charge is 0.437 e. The summed E-state index contributed by atoms with van der Waals surface area (Å²) < 4.78 is 11.2. The van der Waals surface area contributed by atoms with E-state index in [0.29, 0.717) is 19.0 Å². The van der Waals surface area contributed by atoms with Crippen molar-refractivity contribution in [3.8, 4) is 10.8 Å². The molecule has 3 heterocycles. The van der Waals surface area contributed by atoms with E-state index in [4.69, 9.17) is 9.15 Å². The maximum atomic E-state index is 12.1. The summed E-state index contributed by atoms with van der Waals surface area (Å²) in [5, 5.41) is 5.92. The Morgan fingerprint density at radius 2 is 2.31 bits per heavy atom. The fourth-order valence-electron chi connectivity index (χ4n) is 2.87. The lowest BCUT2D eigenvalue weighted by molar-refractivity contribution is -0.152. The van der Waals surface area contributed by atoms with Crippen molar-refractivity contribution in [2.75, 3.05) is 19.7 Å². The number of carbonyl (C=O) groups excluding carboxylic acids is 2. The van der Waals surface area contributed by atoms with E-state index < -0.39 is 11.7 Å². The van der Waals surface area contributed by atoms with Crippen molar-refractivity contribution in [1.29, 1.82) is 0 Å². The number of aryl methyl sites for hydroxylation is 1. The number of amides is 1. The highest BCUT2D eigenvalue weighted by Crippen LogP contribution is 2.21. The van der Waals surface area contributed by atoms with Gasteiger partial charge in [0.2, 0.25) is 0 Å². The molecule has 1 aliphatic heterocycles. The number of carbonyl (C=O) groups is 2. The molecule has 1 atom stereocenters. The van der Waals surface area contributed by atoms with Crippen LogP contribution in [0.3, 0.4) is 0 Å². The Kier molecular flexibility index (Phi) is 5.87. The van der Waals surface area contributed by atoms with Crippen molar-refractivity contribution in [1.82, 2.24) is 14.7 Å². The van der Waals surface area contributed by atoms with E-state index in [2.05, 4.69) is 12.0 Å². The molecule has 140 valence electrons. The number of ether oxygens (including phenoxy) is 1. The van der Waals surface area contributed by atoms with Gasteiger partial charge in [-0.3, -0.25) is 9.59 Å². The minimum Gasteiger partial charge on any atom is -0.456 e. The maximum Gasteiger partial charge on any atom is 0.437 e. The van der Waals surface area contributed by atoms with Crippen LogP contribution in [0.5, 0.6) is 0 Å². The molecule has 2 aromatic heterocycles. The molecular formula is C17H21N3O5S. The molecule has 26 heavy (non-hydrogen) atoms. The van der Waals surface area contributed by atoms with E-state index in [1.165, 1.54) is 11.3 Å². The summed E-state index contributed by atoms with van der Waals surface area (Å²) in [6.07, 6.45) is 2.03. The lowest BCUT2D eigenvalue weighted by atomic mass is 10.0. The molecular weight excluding hydrogens is 358 g/mol. The number of aromatic nitrogens is 2. The molecule has 2 aromatic rings. The van der Waals surface area contributed by atoms with Gasteiger partial charge in [0, 0.05) is 13.1 Å². The third-order valence-corrected chi connectivity index (χ3v) is 5.09. The molecule has 9 heteroatoms. The van der Waals surface area contributed by atoms with Gasteiger partial charge in [0.25, 0.3) is 11.8 Å². The molecule has 1 fully saturated rings. The molecule has 1 saturated heterocycles. The third-order valence-electron chi connectivity index (χ3n) is 4.23. The van der Waals surface area contributed by atoms with Crippen LogP contribution in [0.4, 0.5) is 0 Å². The highest BCUT2D eigenvalue weighted by atomic mass is 32.1. The number of hydrogen-bond donors (Lipinski definition) is 0. The number of likely N-dealkylation sites (tertiary alicyclic amines) is 1. The van der Waals surface area contributed by atoms with Crippen molar-refractivity contribution in [2.24, 2.45) is 5.92 Å². The number of piperidine rings is 1. The molecule has 0 aromatic carbocycles. The van der Waals surface area contributed by atoms with Crippen molar-refractivity contribution in [3.63, 3.8) is 0 Å².